The number of rotatable bonds is 2. The van der Waals surface area contributed by atoms with Crippen LogP contribution in [0.2, 0.25) is 0 Å². The Hall–Kier alpha value is -0.650. The topological polar surface area (TPSA) is 76.0 Å². The summed E-state index contributed by atoms with van der Waals surface area (Å²) in [5.41, 5.74) is 0. The molecule has 2 unspecified atom stereocenters. The first-order valence-corrected chi connectivity index (χ1v) is 4.22. The number of carbonyl (C=O) groups is 1. The molecule has 1 fully saturated rings. The quantitative estimate of drug-likeness (QED) is 0.550. The second-order valence-corrected chi connectivity index (χ2v) is 3.06. The van der Waals surface area contributed by atoms with Crippen molar-refractivity contribution >= 4 is 5.97 Å². The molecule has 1 heterocycles. The van der Waals surface area contributed by atoms with Crippen LogP contribution in [0.3, 0.4) is 0 Å². The zero-order valence-electron chi connectivity index (χ0n) is 7.47. The fourth-order valence-corrected chi connectivity index (χ4v) is 1.20. The average Bonchev–Trinajstić information content (AvgIpc) is 2.07. The van der Waals surface area contributed by atoms with E-state index in [9.17, 15) is 15.0 Å². The molecule has 0 aliphatic carbocycles. The van der Waals surface area contributed by atoms with Crippen LogP contribution in [0.1, 0.15) is 13.3 Å². The van der Waals surface area contributed by atoms with Gasteiger partial charge in [0, 0.05) is 13.5 Å². The van der Waals surface area contributed by atoms with E-state index in [0.29, 0.717) is 13.0 Å². The van der Waals surface area contributed by atoms with Gasteiger partial charge in [-0.3, -0.25) is 4.79 Å². The summed E-state index contributed by atoms with van der Waals surface area (Å²) in [4.78, 5) is 10.5. The fraction of sp³-hybridized carbons (Fsp3) is 0.875. The summed E-state index contributed by atoms with van der Waals surface area (Å²) < 4.78 is 9.79. The van der Waals surface area contributed by atoms with Gasteiger partial charge in [0.15, 0.2) is 0 Å². The number of aliphatic hydroxyl groups excluding tert-OH is 2. The Morgan fingerprint density at radius 2 is 2.31 bits per heavy atom. The maximum Gasteiger partial charge on any atom is 0.302 e. The highest BCUT2D eigenvalue weighted by Gasteiger charge is 2.31. The van der Waals surface area contributed by atoms with E-state index in [-0.39, 0.29) is 6.61 Å². The van der Waals surface area contributed by atoms with Crippen LogP contribution in [0.25, 0.3) is 0 Å². The average molecular weight is 190 g/mol. The lowest BCUT2D eigenvalue weighted by atomic mass is 10.0. The highest BCUT2D eigenvalue weighted by molar-refractivity contribution is 5.65. The third-order valence-corrected chi connectivity index (χ3v) is 1.97. The maximum absolute atomic E-state index is 10.5. The molecular weight excluding hydrogens is 176 g/mol. The SMILES string of the molecule is CC(=O)OCC1OCCC(O)[C@@H]1O. The van der Waals surface area contributed by atoms with Crippen LogP contribution in [0.5, 0.6) is 0 Å². The molecule has 0 aromatic carbocycles. The Bertz CT molecular complexity index is 181. The van der Waals surface area contributed by atoms with E-state index >= 15 is 0 Å². The van der Waals surface area contributed by atoms with E-state index < -0.39 is 24.3 Å². The van der Waals surface area contributed by atoms with Crippen molar-refractivity contribution in [1.82, 2.24) is 0 Å². The normalized spacial score (nSPS) is 34.2. The Labute approximate surface area is 76.3 Å². The van der Waals surface area contributed by atoms with Gasteiger partial charge in [0.1, 0.15) is 18.8 Å². The van der Waals surface area contributed by atoms with Crippen LogP contribution in [-0.2, 0) is 14.3 Å². The summed E-state index contributed by atoms with van der Waals surface area (Å²) in [6.07, 6.45) is -1.94. The Morgan fingerprint density at radius 1 is 1.62 bits per heavy atom. The monoisotopic (exact) mass is 190 g/mol. The second-order valence-electron chi connectivity index (χ2n) is 3.06. The molecule has 0 aromatic heterocycles. The fourth-order valence-electron chi connectivity index (χ4n) is 1.20. The van der Waals surface area contributed by atoms with Crippen molar-refractivity contribution in [2.75, 3.05) is 13.2 Å². The van der Waals surface area contributed by atoms with Crippen LogP contribution in [-0.4, -0.2) is 47.7 Å². The molecule has 0 radical (unpaired) electrons. The largest absolute Gasteiger partial charge is 0.463 e. The van der Waals surface area contributed by atoms with E-state index in [0.717, 1.165) is 0 Å². The first kappa shape index (κ1) is 10.4. The standard InChI is InChI=1S/C8H14O5/c1-5(9)13-4-7-8(11)6(10)2-3-12-7/h6-8,10-11H,2-4H2,1H3/t6?,7?,8-/m0/s1. The smallest absolute Gasteiger partial charge is 0.302 e. The molecule has 1 aliphatic heterocycles. The molecule has 0 amide bonds. The van der Waals surface area contributed by atoms with Gasteiger partial charge in [0.2, 0.25) is 0 Å². The molecular formula is C8H14O5. The van der Waals surface area contributed by atoms with Crippen LogP contribution >= 0.6 is 0 Å². The van der Waals surface area contributed by atoms with E-state index in [1.54, 1.807) is 0 Å². The summed E-state index contributed by atoms with van der Waals surface area (Å²) in [5.74, 6) is -0.420. The summed E-state index contributed by atoms with van der Waals surface area (Å²) in [7, 11) is 0. The molecule has 0 aromatic rings. The maximum atomic E-state index is 10.5. The summed E-state index contributed by atoms with van der Waals surface area (Å²) in [6, 6.07) is 0. The highest BCUT2D eigenvalue weighted by atomic mass is 16.6. The molecule has 13 heavy (non-hydrogen) atoms. The van der Waals surface area contributed by atoms with Crippen molar-refractivity contribution in [1.29, 1.82) is 0 Å². The van der Waals surface area contributed by atoms with Crippen molar-refractivity contribution in [2.24, 2.45) is 0 Å². The molecule has 1 aliphatic rings. The summed E-state index contributed by atoms with van der Waals surface area (Å²) >= 11 is 0. The van der Waals surface area contributed by atoms with Gasteiger partial charge in [-0.25, -0.2) is 0 Å². The minimum atomic E-state index is -0.965. The number of hydrogen-bond donors (Lipinski definition) is 2. The minimum Gasteiger partial charge on any atom is -0.463 e. The van der Waals surface area contributed by atoms with Gasteiger partial charge in [-0.1, -0.05) is 0 Å². The zero-order valence-corrected chi connectivity index (χ0v) is 7.47. The third kappa shape index (κ3) is 2.95. The van der Waals surface area contributed by atoms with E-state index in [1.807, 2.05) is 0 Å². The van der Waals surface area contributed by atoms with Crippen molar-refractivity contribution in [3.8, 4) is 0 Å². The lowest BCUT2D eigenvalue weighted by molar-refractivity contribution is -0.167. The van der Waals surface area contributed by atoms with Crippen LogP contribution in [0, 0.1) is 0 Å². The predicted octanol–water partition coefficient (Wildman–Crippen LogP) is -0.940. The van der Waals surface area contributed by atoms with Gasteiger partial charge >= 0.3 is 5.97 Å². The zero-order chi connectivity index (χ0) is 9.84. The lowest BCUT2D eigenvalue weighted by Crippen LogP contribution is -2.46. The van der Waals surface area contributed by atoms with E-state index in [1.165, 1.54) is 6.92 Å². The molecule has 3 atom stereocenters. The minimum absolute atomic E-state index is 0.00639. The second kappa shape index (κ2) is 4.55. The molecule has 0 spiro atoms. The van der Waals surface area contributed by atoms with Gasteiger partial charge in [0.25, 0.3) is 0 Å². The summed E-state index contributed by atoms with van der Waals surface area (Å²) in [6.45, 7) is 1.66. The van der Waals surface area contributed by atoms with Crippen molar-refractivity contribution in [3.05, 3.63) is 0 Å². The number of ether oxygens (including phenoxy) is 2. The van der Waals surface area contributed by atoms with Gasteiger partial charge < -0.3 is 19.7 Å². The number of carbonyl (C=O) groups excluding carboxylic acids is 1. The molecule has 0 bridgehead atoms. The van der Waals surface area contributed by atoms with Crippen LogP contribution in [0.15, 0.2) is 0 Å². The molecule has 2 N–H and O–H groups in total. The van der Waals surface area contributed by atoms with Crippen LogP contribution < -0.4 is 0 Å². The Morgan fingerprint density at radius 3 is 2.92 bits per heavy atom. The van der Waals surface area contributed by atoms with Crippen molar-refractivity contribution in [3.63, 3.8) is 0 Å². The van der Waals surface area contributed by atoms with E-state index in [2.05, 4.69) is 4.74 Å². The predicted molar refractivity (Wildman–Crippen MR) is 43.0 cm³/mol. The Kier molecular flexibility index (Phi) is 3.65. The highest BCUT2D eigenvalue weighted by Crippen LogP contribution is 2.14. The Balaban J connectivity index is 2.35. The first-order chi connectivity index (χ1) is 6.11. The van der Waals surface area contributed by atoms with E-state index in [4.69, 9.17) is 4.74 Å². The number of aliphatic hydroxyl groups is 2. The molecule has 5 heteroatoms. The number of hydrogen-bond acceptors (Lipinski definition) is 5. The number of esters is 1. The summed E-state index contributed by atoms with van der Waals surface area (Å²) in [5, 5.41) is 18.6. The first-order valence-electron chi connectivity index (χ1n) is 4.22. The van der Waals surface area contributed by atoms with Crippen molar-refractivity contribution in [2.45, 2.75) is 31.7 Å². The molecule has 1 saturated heterocycles. The lowest BCUT2D eigenvalue weighted by Gasteiger charge is -2.31. The molecule has 1 rings (SSSR count). The van der Waals surface area contributed by atoms with Crippen molar-refractivity contribution < 1.29 is 24.5 Å². The van der Waals surface area contributed by atoms with Gasteiger partial charge in [-0.15, -0.1) is 0 Å². The van der Waals surface area contributed by atoms with Gasteiger partial charge in [-0.05, 0) is 6.42 Å². The molecule has 0 saturated carbocycles. The molecule has 76 valence electrons. The van der Waals surface area contributed by atoms with Gasteiger partial charge in [-0.2, -0.15) is 0 Å². The van der Waals surface area contributed by atoms with Crippen LogP contribution in [0.4, 0.5) is 0 Å². The molecule has 5 nitrogen and oxygen atoms in total. The van der Waals surface area contributed by atoms with Gasteiger partial charge in [0.05, 0.1) is 6.10 Å². The third-order valence-electron chi connectivity index (χ3n) is 1.97.